The van der Waals surface area contributed by atoms with Crippen LogP contribution in [0.2, 0.25) is 0 Å². The van der Waals surface area contributed by atoms with Crippen molar-refractivity contribution in [1.29, 1.82) is 0 Å². The van der Waals surface area contributed by atoms with E-state index in [2.05, 4.69) is 0 Å². The van der Waals surface area contributed by atoms with Crippen LogP contribution in [0.4, 0.5) is 0 Å². The molecule has 0 spiro atoms. The number of rotatable bonds is 8. The molecule has 2 aromatic carbocycles. The van der Waals surface area contributed by atoms with Crippen molar-refractivity contribution in [3.8, 4) is 11.5 Å². The highest BCUT2D eigenvalue weighted by Crippen LogP contribution is 2.22. The lowest BCUT2D eigenvalue weighted by Crippen LogP contribution is -2.35. The Kier molecular flexibility index (Phi) is 6.78. The number of benzene rings is 2. The number of primary sulfonamides is 1. The van der Waals surface area contributed by atoms with E-state index in [9.17, 15) is 16.8 Å². The van der Waals surface area contributed by atoms with Gasteiger partial charge in [-0.15, -0.1) is 0 Å². The molecule has 158 valence electrons. The monoisotopic (exact) mass is 440 g/mol. The van der Waals surface area contributed by atoms with E-state index in [1.807, 2.05) is 0 Å². The molecular weight excluding hydrogens is 416 g/mol. The van der Waals surface area contributed by atoms with Crippen molar-refractivity contribution in [3.63, 3.8) is 0 Å². The highest BCUT2D eigenvalue weighted by atomic mass is 32.2. The molecule has 10 heteroatoms. The van der Waals surface area contributed by atoms with Crippen molar-refractivity contribution in [2.45, 2.75) is 29.1 Å². The number of hydrogen-bond donors (Lipinski definition) is 1. The minimum absolute atomic E-state index is 0.0145. The standard InChI is InChI=1S/C19H24N2O6S2/c20-28(22,23)18-8-4-16(5-9-18)26-14-15-27-17-6-10-19(11-7-17)29(24,25)21-12-2-1-3-13-21/h4-11H,1-3,12-15H2,(H2,20,22,23). The fourth-order valence-corrected chi connectivity index (χ4v) is 5.04. The number of nitrogens with zero attached hydrogens (tertiary/aromatic N) is 1. The Morgan fingerprint density at radius 3 is 1.62 bits per heavy atom. The van der Waals surface area contributed by atoms with Gasteiger partial charge in [-0.25, -0.2) is 22.0 Å². The molecule has 1 fully saturated rings. The molecule has 1 heterocycles. The van der Waals surface area contributed by atoms with Crippen LogP contribution in [0, 0.1) is 0 Å². The summed E-state index contributed by atoms with van der Waals surface area (Å²) < 4.78 is 60.3. The average Bonchev–Trinajstić information content (AvgIpc) is 2.72. The van der Waals surface area contributed by atoms with E-state index in [-0.39, 0.29) is 23.0 Å². The quantitative estimate of drug-likeness (QED) is 0.628. The minimum Gasteiger partial charge on any atom is -0.490 e. The molecule has 0 aliphatic carbocycles. The number of sulfonamides is 2. The van der Waals surface area contributed by atoms with E-state index in [1.165, 1.54) is 28.6 Å². The van der Waals surface area contributed by atoms with Crippen LogP contribution in [0.3, 0.4) is 0 Å². The molecule has 0 atom stereocenters. The second kappa shape index (κ2) is 9.12. The van der Waals surface area contributed by atoms with Gasteiger partial charge in [0.05, 0.1) is 9.79 Å². The topological polar surface area (TPSA) is 116 Å². The van der Waals surface area contributed by atoms with Crippen LogP contribution in [-0.2, 0) is 20.0 Å². The van der Waals surface area contributed by atoms with Gasteiger partial charge in [0, 0.05) is 13.1 Å². The molecule has 29 heavy (non-hydrogen) atoms. The lowest BCUT2D eigenvalue weighted by molar-refractivity contribution is 0.217. The van der Waals surface area contributed by atoms with Crippen LogP contribution >= 0.6 is 0 Å². The van der Waals surface area contributed by atoms with E-state index in [0.29, 0.717) is 24.6 Å². The maximum absolute atomic E-state index is 12.6. The summed E-state index contributed by atoms with van der Waals surface area (Å²) in [6.45, 7) is 1.62. The molecule has 0 bridgehead atoms. The molecule has 0 unspecified atom stereocenters. The fraction of sp³-hybridized carbons (Fsp3) is 0.368. The van der Waals surface area contributed by atoms with Gasteiger partial charge in [-0.1, -0.05) is 6.42 Å². The van der Waals surface area contributed by atoms with Gasteiger partial charge in [-0.05, 0) is 61.4 Å². The van der Waals surface area contributed by atoms with Crippen molar-refractivity contribution in [1.82, 2.24) is 4.31 Å². The molecule has 3 rings (SSSR count). The normalized spacial score (nSPS) is 15.8. The maximum atomic E-state index is 12.6. The SMILES string of the molecule is NS(=O)(=O)c1ccc(OCCOc2ccc(S(=O)(=O)N3CCCCC3)cc2)cc1. The Balaban J connectivity index is 1.49. The largest absolute Gasteiger partial charge is 0.490 e. The predicted octanol–water partition coefficient (Wildman–Crippen LogP) is 1.97. The van der Waals surface area contributed by atoms with E-state index in [4.69, 9.17) is 14.6 Å². The summed E-state index contributed by atoms with van der Waals surface area (Å²) in [6, 6.07) is 12.1. The first kappa shape index (κ1) is 21.6. The Bertz CT molecular complexity index is 1010. The van der Waals surface area contributed by atoms with Crippen LogP contribution < -0.4 is 14.6 Å². The van der Waals surface area contributed by atoms with Crippen molar-refractivity contribution >= 4 is 20.0 Å². The van der Waals surface area contributed by atoms with Gasteiger partial charge in [0.2, 0.25) is 20.0 Å². The van der Waals surface area contributed by atoms with E-state index >= 15 is 0 Å². The van der Waals surface area contributed by atoms with Crippen LogP contribution in [0.25, 0.3) is 0 Å². The van der Waals surface area contributed by atoms with Crippen molar-refractivity contribution in [2.24, 2.45) is 5.14 Å². The van der Waals surface area contributed by atoms with Gasteiger partial charge in [-0.2, -0.15) is 4.31 Å². The van der Waals surface area contributed by atoms with Crippen LogP contribution in [0.15, 0.2) is 58.3 Å². The molecule has 0 saturated carbocycles. The number of nitrogens with two attached hydrogens (primary N) is 1. The number of piperidine rings is 1. The second-order valence-corrected chi connectivity index (χ2v) is 10.1. The molecule has 1 aliphatic rings. The first-order valence-corrected chi connectivity index (χ1v) is 12.2. The maximum Gasteiger partial charge on any atom is 0.243 e. The second-order valence-electron chi connectivity index (χ2n) is 6.65. The summed E-state index contributed by atoms with van der Waals surface area (Å²) in [7, 11) is -7.18. The Hall–Kier alpha value is -2.14. The van der Waals surface area contributed by atoms with Crippen molar-refractivity contribution in [2.75, 3.05) is 26.3 Å². The highest BCUT2D eigenvalue weighted by molar-refractivity contribution is 7.89. The third kappa shape index (κ3) is 5.69. The average molecular weight is 441 g/mol. The molecule has 1 saturated heterocycles. The van der Waals surface area contributed by atoms with Crippen molar-refractivity contribution < 1.29 is 26.3 Å². The van der Waals surface area contributed by atoms with Crippen LogP contribution in [-0.4, -0.2) is 47.4 Å². The zero-order valence-corrected chi connectivity index (χ0v) is 17.5. The molecule has 0 amide bonds. The van der Waals surface area contributed by atoms with Gasteiger partial charge in [-0.3, -0.25) is 0 Å². The lowest BCUT2D eigenvalue weighted by Gasteiger charge is -2.25. The van der Waals surface area contributed by atoms with Gasteiger partial charge in [0.15, 0.2) is 0 Å². The smallest absolute Gasteiger partial charge is 0.243 e. The molecule has 0 aromatic heterocycles. The van der Waals surface area contributed by atoms with E-state index in [0.717, 1.165) is 19.3 Å². The Morgan fingerprint density at radius 2 is 1.17 bits per heavy atom. The first-order chi connectivity index (χ1) is 13.8. The third-order valence-corrected chi connectivity index (χ3v) is 7.39. The minimum atomic E-state index is -3.73. The van der Waals surface area contributed by atoms with Gasteiger partial charge in [0.25, 0.3) is 0 Å². The number of hydrogen-bond acceptors (Lipinski definition) is 6. The summed E-state index contributed by atoms with van der Waals surface area (Å²) in [5.41, 5.74) is 0. The summed E-state index contributed by atoms with van der Waals surface area (Å²) in [5, 5.41) is 5.04. The molecule has 1 aliphatic heterocycles. The zero-order chi connectivity index (χ0) is 20.9. The van der Waals surface area contributed by atoms with Gasteiger partial charge in [0.1, 0.15) is 24.7 Å². The van der Waals surface area contributed by atoms with Crippen LogP contribution in [0.1, 0.15) is 19.3 Å². The molecular formula is C19H24N2O6S2. The summed E-state index contributed by atoms with van der Waals surface area (Å²) in [6.07, 6.45) is 2.85. The third-order valence-electron chi connectivity index (χ3n) is 4.55. The first-order valence-electron chi connectivity index (χ1n) is 9.25. The zero-order valence-electron chi connectivity index (χ0n) is 15.9. The van der Waals surface area contributed by atoms with Gasteiger partial charge < -0.3 is 9.47 Å². The van der Waals surface area contributed by atoms with E-state index < -0.39 is 20.0 Å². The number of ether oxygens (including phenoxy) is 2. The fourth-order valence-electron chi connectivity index (χ4n) is 3.01. The molecule has 0 radical (unpaired) electrons. The van der Waals surface area contributed by atoms with Gasteiger partial charge >= 0.3 is 0 Å². The summed E-state index contributed by atoms with van der Waals surface area (Å²) in [4.78, 5) is 0.277. The van der Waals surface area contributed by atoms with Crippen LogP contribution in [0.5, 0.6) is 11.5 Å². The Labute approximate surface area is 171 Å². The molecule has 2 aromatic rings. The van der Waals surface area contributed by atoms with E-state index in [1.54, 1.807) is 24.3 Å². The van der Waals surface area contributed by atoms with Crippen molar-refractivity contribution in [3.05, 3.63) is 48.5 Å². The Morgan fingerprint density at radius 1 is 0.724 bits per heavy atom. The molecule has 2 N–H and O–H groups in total. The lowest BCUT2D eigenvalue weighted by atomic mass is 10.2. The summed E-state index contributed by atoms with van der Waals surface area (Å²) in [5.74, 6) is 1.03. The highest BCUT2D eigenvalue weighted by Gasteiger charge is 2.25. The molecule has 8 nitrogen and oxygen atoms in total. The predicted molar refractivity (Wildman–Crippen MR) is 108 cm³/mol. The summed E-state index contributed by atoms with van der Waals surface area (Å²) >= 11 is 0.